The summed E-state index contributed by atoms with van der Waals surface area (Å²) in [6.45, 7) is 0. The zero-order valence-electron chi connectivity index (χ0n) is 7.14. The van der Waals surface area contributed by atoms with Crippen molar-refractivity contribution in [3.8, 4) is 0 Å². The van der Waals surface area contributed by atoms with Gasteiger partial charge in [-0.15, -0.1) is 0 Å². The summed E-state index contributed by atoms with van der Waals surface area (Å²) in [6, 6.07) is 9.03. The first kappa shape index (κ1) is 14.2. The van der Waals surface area contributed by atoms with Crippen molar-refractivity contribution in [2.75, 3.05) is 0 Å². The maximum atomic E-state index is 10.7. The highest BCUT2D eigenvalue weighted by Gasteiger charge is 2.05. The van der Waals surface area contributed by atoms with Crippen molar-refractivity contribution in [3.05, 3.63) is 39.7 Å². The summed E-state index contributed by atoms with van der Waals surface area (Å²) >= 11 is 0.306. The fourth-order valence-electron chi connectivity index (χ4n) is 0.858. The van der Waals surface area contributed by atoms with Gasteiger partial charge in [-0.1, -0.05) is 36.4 Å². The van der Waals surface area contributed by atoms with E-state index in [1.165, 1.54) is 6.08 Å². The quantitative estimate of drug-likeness (QED) is 0.563. The van der Waals surface area contributed by atoms with Gasteiger partial charge in [0.05, 0.1) is 0 Å². The van der Waals surface area contributed by atoms with Crippen molar-refractivity contribution in [3.63, 3.8) is 0 Å². The number of hydrogen-bond donors (Lipinski definition) is 1. The Labute approximate surface area is 108 Å². The van der Waals surface area contributed by atoms with Crippen LogP contribution >= 0.6 is 0 Å². The Hall–Kier alpha value is 0.169. The van der Waals surface area contributed by atoms with Crippen molar-refractivity contribution in [2.45, 2.75) is 0 Å². The average molecular weight is 239 g/mol. The zero-order valence-corrected chi connectivity index (χ0v) is 9.95. The highest BCUT2D eigenvalue weighted by Crippen LogP contribution is 2.07. The Bertz CT molecular complexity index is 413. The van der Waals surface area contributed by atoms with Crippen LogP contribution in [0.15, 0.2) is 34.1 Å². The van der Waals surface area contributed by atoms with E-state index in [9.17, 15) is 8.42 Å². The standard InChI is InChI=1S/C8H7O3S.Al.Mg.4H/c9-12(10,11)7-6-8-4-2-1-3-5-8;;;;;;/h1-6H,(H,9,10,11);;;;;;. The summed E-state index contributed by atoms with van der Waals surface area (Å²) in [5.41, 5.74) is 0.783. The predicted octanol–water partition coefficient (Wildman–Crippen LogP) is -0.410. The molecule has 0 aliphatic carbocycles. The molecule has 0 saturated carbocycles. The van der Waals surface area contributed by atoms with Crippen LogP contribution in [-0.4, -0.2) is 52.3 Å². The van der Waals surface area contributed by atoms with E-state index in [-0.39, 0.29) is 26.8 Å². The number of hydrogen-bond acceptors (Lipinski definition) is 2. The third kappa shape index (κ3) is 4.60. The van der Waals surface area contributed by atoms with Crippen molar-refractivity contribution >= 4 is 55.5 Å². The normalized spacial score (nSPS) is 11.9. The molecule has 0 amide bonds. The SMILES string of the molecule is O=S(=O)(O)[C]([AlH2])=Cc1ccccc1.[MgH2]. The summed E-state index contributed by atoms with van der Waals surface area (Å²) in [5, 5.41) is 0. The van der Waals surface area contributed by atoms with Crippen LogP contribution in [0.2, 0.25) is 0 Å². The van der Waals surface area contributed by atoms with Crippen LogP contribution in [0.5, 0.6) is 0 Å². The van der Waals surface area contributed by atoms with Gasteiger partial charge in [-0.05, 0) is 9.33 Å². The second kappa shape index (κ2) is 5.91. The largest absolute Gasteiger partial charge is 0.316 e. The molecule has 0 heterocycles. The first-order valence-corrected chi connectivity index (χ1v) is 6.15. The lowest BCUT2D eigenvalue weighted by Gasteiger charge is -1.96. The van der Waals surface area contributed by atoms with Gasteiger partial charge in [0, 0.05) is 0 Å². The third-order valence-electron chi connectivity index (χ3n) is 1.58. The summed E-state index contributed by atoms with van der Waals surface area (Å²) in [7, 11) is -3.98. The molecule has 0 aliphatic rings. The predicted molar refractivity (Wildman–Crippen MR) is 63.1 cm³/mol. The maximum Gasteiger partial charge on any atom is 0.316 e. The second-order valence-corrected chi connectivity index (χ2v) is 6.04. The van der Waals surface area contributed by atoms with E-state index < -0.39 is 10.1 Å². The third-order valence-corrected chi connectivity index (χ3v) is 4.34. The van der Waals surface area contributed by atoms with Crippen LogP contribution in [-0.2, 0) is 10.1 Å². The monoisotopic (exact) mass is 238 g/mol. The minimum absolute atomic E-state index is 0. The summed E-state index contributed by atoms with van der Waals surface area (Å²) in [5.74, 6) is 0. The molecule has 0 radical (unpaired) electrons. The topological polar surface area (TPSA) is 54.4 Å². The lowest BCUT2D eigenvalue weighted by atomic mass is 10.2. The molecule has 14 heavy (non-hydrogen) atoms. The molecule has 1 aromatic rings. The molecule has 0 fully saturated rings. The molecule has 0 saturated heterocycles. The first-order chi connectivity index (χ1) is 6.00. The highest BCUT2D eigenvalue weighted by atomic mass is 32.2. The van der Waals surface area contributed by atoms with E-state index in [1.54, 1.807) is 12.1 Å². The molecule has 0 atom stereocenters. The lowest BCUT2D eigenvalue weighted by molar-refractivity contribution is 0.493. The van der Waals surface area contributed by atoms with Gasteiger partial charge in [0.2, 0.25) is 0 Å². The molecule has 1 aromatic carbocycles. The molecule has 0 aromatic heterocycles. The highest BCUT2D eigenvalue weighted by molar-refractivity contribution is 7.91. The zero-order chi connectivity index (χ0) is 9.90. The Morgan fingerprint density at radius 1 is 1.29 bits per heavy atom. The minimum atomic E-state index is -3.98. The van der Waals surface area contributed by atoms with Crippen molar-refractivity contribution < 1.29 is 13.0 Å². The molecule has 6 heteroatoms. The van der Waals surface area contributed by atoms with Crippen LogP contribution < -0.4 is 0 Å². The fraction of sp³-hybridized carbons (Fsp3) is 0. The van der Waals surface area contributed by atoms with E-state index in [4.69, 9.17) is 4.55 Å². The van der Waals surface area contributed by atoms with Crippen LogP contribution in [0.25, 0.3) is 6.08 Å². The molecule has 1 N–H and O–H groups in total. The molecule has 0 aliphatic heterocycles. The summed E-state index contributed by atoms with van der Waals surface area (Å²) < 4.78 is 30.1. The van der Waals surface area contributed by atoms with Gasteiger partial charge in [0.1, 0.15) is 0 Å². The number of benzene rings is 1. The Morgan fingerprint density at radius 2 is 1.79 bits per heavy atom. The van der Waals surface area contributed by atoms with E-state index in [0.29, 0.717) is 16.3 Å². The minimum Gasteiger partial charge on any atom is -0.283 e. The number of rotatable bonds is 2. The smallest absolute Gasteiger partial charge is 0.283 e. The van der Waals surface area contributed by atoms with Crippen molar-refractivity contribution in [2.24, 2.45) is 0 Å². The van der Waals surface area contributed by atoms with Gasteiger partial charge in [-0.3, -0.25) is 4.55 Å². The van der Waals surface area contributed by atoms with Gasteiger partial charge < -0.3 is 0 Å². The van der Waals surface area contributed by atoms with Crippen LogP contribution in [0.1, 0.15) is 5.56 Å². The van der Waals surface area contributed by atoms with Crippen LogP contribution in [0.3, 0.4) is 0 Å². The molecule has 0 unspecified atom stereocenters. The van der Waals surface area contributed by atoms with E-state index in [1.807, 2.05) is 18.2 Å². The molecular formula is C8H11AlMgO3S. The van der Waals surface area contributed by atoms with Crippen molar-refractivity contribution in [1.29, 1.82) is 0 Å². The fourth-order valence-corrected chi connectivity index (χ4v) is 1.48. The van der Waals surface area contributed by atoms with Gasteiger partial charge in [0.15, 0.2) is 0 Å². The Kier molecular flexibility index (Phi) is 5.98. The first-order valence-electron chi connectivity index (χ1n) is 3.71. The van der Waals surface area contributed by atoms with E-state index >= 15 is 0 Å². The van der Waals surface area contributed by atoms with Crippen molar-refractivity contribution in [1.82, 2.24) is 0 Å². The molecule has 3 nitrogen and oxygen atoms in total. The molecule has 72 valence electrons. The summed E-state index contributed by atoms with van der Waals surface area (Å²) in [4.78, 5) is 0. The molecule has 0 bridgehead atoms. The van der Waals surface area contributed by atoms with E-state index in [0.717, 1.165) is 5.56 Å². The molecular weight excluding hydrogens is 227 g/mol. The van der Waals surface area contributed by atoms with Gasteiger partial charge >= 0.3 is 23.1 Å². The van der Waals surface area contributed by atoms with Crippen LogP contribution in [0.4, 0.5) is 0 Å². The molecule has 1 rings (SSSR count). The molecule has 0 spiro atoms. The van der Waals surface area contributed by atoms with Crippen LogP contribution in [0, 0.1) is 0 Å². The summed E-state index contributed by atoms with van der Waals surface area (Å²) in [6.07, 6.45) is 1.47. The second-order valence-electron chi connectivity index (χ2n) is 2.64. The Balaban J connectivity index is 0.00000169. The van der Waals surface area contributed by atoms with Gasteiger partial charge in [-0.25, -0.2) is 0 Å². The maximum absolute atomic E-state index is 10.7. The van der Waals surface area contributed by atoms with Gasteiger partial charge in [0.25, 0.3) is 26.4 Å². The van der Waals surface area contributed by atoms with Gasteiger partial charge in [-0.2, -0.15) is 8.42 Å². The average Bonchev–Trinajstić information content (AvgIpc) is 2.04. The van der Waals surface area contributed by atoms with E-state index in [2.05, 4.69) is 0 Å². The lowest BCUT2D eigenvalue weighted by Crippen LogP contribution is -2.00. The Morgan fingerprint density at radius 3 is 2.21 bits per heavy atom.